The van der Waals surface area contributed by atoms with Crippen molar-refractivity contribution in [2.45, 2.75) is 5.56 Å². The molecule has 0 fully saturated rings. The molecule has 0 saturated carbocycles. The normalized spacial score (nSPS) is 13.0. The largest absolute Gasteiger partial charge is 0.226 e. The molecule has 1 unspecified atom stereocenters. The predicted octanol–water partition coefficient (Wildman–Crippen LogP) is 0.615. The Morgan fingerprint density at radius 2 is 2.20 bits per heavy atom. The number of terminal acetylenes is 1. The summed E-state index contributed by atoms with van der Waals surface area (Å²) in [5.41, 5.74) is -1.37. The summed E-state index contributed by atoms with van der Waals surface area (Å²) in [5.74, 6) is 1.74. The molecule has 0 aliphatic heterocycles. The third kappa shape index (κ3) is 3.81. The molecule has 0 rings (SSSR count). The van der Waals surface area contributed by atoms with Gasteiger partial charge in [0.2, 0.25) is 5.56 Å². The van der Waals surface area contributed by atoms with Gasteiger partial charge in [-0.25, -0.2) is 5.11 Å². The van der Waals surface area contributed by atoms with Gasteiger partial charge in [0, 0.05) is 0 Å². The fraction of sp³-hybridized carbons (Fsp3) is 0.333. The maximum atomic E-state index is 9.43. The van der Waals surface area contributed by atoms with E-state index in [1.165, 1.54) is 0 Å². The van der Waals surface area contributed by atoms with Crippen LogP contribution in [0.1, 0.15) is 0 Å². The number of halogens is 1. The summed E-state index contributed by atoms with van der Waals surface area (Å²) in [6, 6.07) is 0. The lowest BCUT2D eigenvalue weighted by molar-refractivity contribution is 0.204. The first-order valence-corrected chi connectivity index (χ1v) is 1.47. The van der Waals surface area contributed by atoms with Crippen LogP contribution < -0.4 is 0 Å². The summed E-state index contributed by atoms with van der Waals surface area (Å²) in [4.78, 5) is 0. The Morgan fingerprint density at radius 1 is 2.00 bits per heavy atom. The Labute approximate surface area is 35.6 Å². The lowest BCUT2D eigenvalue weighted by Gasteiger charge is -1.72. The van der Waals surface area contributed by atoms with Crippen LogP contribution in [-0.2, 0) is 5.11 Å². The summed E-state index contributed by atoms with van der Waals surface area (Å²) < 4.78 is 0. The minimum Gasteiger partial charge on any atom is -0.201 e. The van der Waals surface area contributed by atoms with Crippen LogP contribution in [-0.4, -0.2) is 5.56 Å². The first kappa shape index (κ1) is 4.81. The highest BCUT2D eigenvalue weighted by Crippen LogP contribution is 1.82. The highest BCUT2D eigenvalue weighted by molar-refractivity contribution is 6.21. The summed E-state index contributed by atoms with van der Waals surface area (Å²) in [7, 11) is 0. The van der Waals surface area contributed by atoms with Crippen molar-refractivity contribution in [3.05, 3.63) is 0 Å². The van der Waals surface area contributed by atoms with Crippen LogP contribution in [0.3, 0.4) is 0 Å². The van der Waals surface area contributed by atoms with Crippen molar-refractivity contribution in [1.29, 1.82) is 0 Å². The highest BCUT2D eigenvalue weighted by Gasteiger charge is 1.83. The second kappa shape index (κ2) is 2.07. The van der Waals surface area contributed by atoms with Crippen LogP contribution in [0.15, 0.2) is 0 Å². The third-order valence-corrected chi connectivity index (χ3v) is 0.257. The van der Waals surface area contributed by atoms with Crippen molar-refractivity contribution in [2.24, 2.45) is 0 Å². The Bertz CT molecular complexity index is 52.4. The maximum Gasteiger partial charge on any atom is 0.226 e. The zero-order chi connectivity index (χ0) is 4.28. The fourth-order valence-electron chi connectivity index (χ4n) is 0. The molecule has 1 atom stereocenters. The van der Waals surface area contributed by atoms with Crippen molar-refractivity contribution >= 4 is 11.6 Å². The molecule has 0 aromatic rings. The molecule has 0 aliphatic carbocycles. The lowest BCUT2D eigenvalue weighted by Crippen LogP contribution is -1.81. The summed E-state index contributed by atoms with van der Waals surface area (Å²) in [6.07, 6.45) is 4.48. The molecule has 27 valence electrons. The van der Waals surface area contributed by atoms with E-state index in [0.29, 0.717) is 0 Å². The quantitative estimate of drug-likeness (QED) is 0.306. The molecule has 0 aromatic carbocycles. The Morgan fingerprint density at radius 3 is 2.20 bits per heavy atom. The molecule has 0 aromatic heterocycles. The highest BCUT2D eigenvalue weighted by atomic mass is 35.5. The van der Waals surface area contributed by atoms with E-state index in [1.807, 2.05) is 0 Å². The number of rotatable bonds is 0. The van der Waals surface area contributed by atoms with Gasteiger partial charge in [-0.15, -0.1) is 6.42 Å². The molecule has 0 amide bonds. The van der Waals surface area contributed by atoms with Crippen LogP contribution >= 0.6 is 11.6 Å². The molecule has 0 bridgehead atoms. The van der Waals surface area contributed by atoms with Gasteiger partial charge in [0.15, 0.2) is 0 Å². The van der Waals surface area contributed by atoms with Crippen LogP contribution in [0.2, 0.25) is 0 Å². The van der Waals surface area contributed by atoms with Gasteiger partial charge in [-0.3, -0.25) is 0 Å². The minimum absolute atomic E-state index is 1.37. The van der Waals surface area contributed by atoms with Gasteiger partial charge in [-0.2, -0.15) is 0 Å². The average Bonchev–Trinajstić information content (AvgIpc) is 1.38. The Hall–Kier alpha value is -0.190. The minimum atomic E-state index is -1.37. The van der Waals surface area contributed by atoms with E-state index >= 15 is 0 Å². The summed E-state index contributed by atoms with van der Waals surface area (Å²) in [5, 5.41) is 9.43. The monoisotopic (exact) mass is 89.0 g/mol. The van der Waals surface area contributed by atoms with Gasteiger partial charge in [-0.1, -0.05) is 17.5 Å². The predicted molar refractivity (Wildman–Crippen MR) is 19.2 cm³/mol. The van der Waals surface area contributed by atoms with Gasteiger partial charge in [0.05, 0.1) is 0 Å². The van der Waals surface area contributed by atoms with Crippen molar-refractivity contribution in [2.75, 3.05) is 0 Å². The number of hydrogen-bond donors (Lipinski definition) is 0. The second-order valence-corrected chi connectivity index (χ2v) is 0.879. The summed E-state index contributed by atoms with van der Waals surface area (Å²) >= 11 is 4.67. The molecule has 5 heavy (non-hydrogen) atoms. The van der Waals surface area contributed by atoms with Crippen LogP contribution in [0, 0.1) is 12.3 Å². The van der Waals surface area contributed by atoms with Crippen LogP contribution in [0.5, 0.6) is 0 Å². The van der Waals surface area contributed by atoms with Gasteiger partial charge < -0.3 is 0 Å². The van der Waals surface area contributed by atoms with E-state index in [1.54, 1.807) is 5.92 Å². The van der Waals surface area contributed by atoms with E-state index in [2.05, 4.69) is 18.0 Å². The SMILES string of the molecule is C#CC([O])Cl. The van der Waals surface area contributed by atoms with E-state index < -0.39 is 5.56 Å². The molecular weight excluding hydrogens is 87.5 g/mol. The Balaban J connectivity index is 2.94. The maximum absolute atomic E-state index is 9.43. The standard InChI is InChI=1S/C3H2ClO/c1-2-3(4)5/h1,3H. The van der Waals surface area contributed by atoms with Gasteiger partial charge in [0.1, 0.15) is 0 Å². The second-order valence-electron chi connectivity index (χ2n) is 0.483. The average molecular weight is 89.5 g/mol. The smallest absolute Gasteiger partial charge is 0.201 e. The molecule has 1 nitrogen and oxygen atoms in total. The van der Waals surface area contributed by atoms with Gasteiger partial charge in [0.25, 0.3) is 0 Å². The van der Waals surface area contributed by atoms with Gasteiger partial charge >= 0.3 is 0 Å². The first-order valence-electron chi connectivity index (χ1n) is 1.03. The van der Waals surface area contributed by atoms with Crippen molar-refractivity contribution in [3.8, 4) is 12.3 Å². The van der Waals surface area contributed by atoms with Crippen LogP contribution in [0.4, 0.5) is 0 Å². The Kier molecular flexibility index (Phi) is 1.99. The zero-order valence-electron chi connectivity index (χ0n) is 2.44. The summed E-state index contributed by atoms with van der Waals surface area (Å²) in [6.45, 7) is 0. The molecule has 0 saturated heterocycles. The lowest BCUT2D eigenvalue weighted by atomic mass is 10.8. The topological polar surface area (TPSA) is 19.9 Å². The first-order chi connectivity index (χ1) is 2.27. The van der Waals surface area contributed by atoms with E-state index in [4.69, 9.17) is 0 Å². The van der Waals surface area contributed by atoms with Crippen molar-refractivity contribution in [3.63, 3.8) is 0 Å². The van der Waals surface area contributed by atoms with E-state index in [-0.39, 0.29) is 0 Å². The van der Waals surface area contributed by atoms with Crippen LogP contribution in [0.25, 0.3) is 0 Å². The molecule has 2 heteroatoms. The molecule has 0 aliphatic rings. The molecule has 1 radical (unpaired) electrons. The zero-order valence-corrected chi connectivity index (χ0v) is 3.20. The number of hydrogen-bond acceptors (Lipinski definition) is 0. The van der Waals surface area contributed by atoms with E-state index in [0.717, 1.165) is 0 Å². The van der Waals surface area contributed by atoms with E-state index in [9.17, 15) is 5.11 Å². The molecule has 0 heterocycles. The van der Waals surface area contributed by atoms with Crippen molar-refractivity contribution < 1.29 is 5.11 Å². The fourth-order valence-corrected chi connectivity index (χ4v) is 0. The molecular formula is C3H2ClO. The van der Waals surface area contributed by atoms with Gasteiger partial charge in [-0.05, 0) is 0 Å². The number of alkyl halides is 1. The molecule has 0 spiro atoms. The molecule has 0 N–H and O–H groups in total. The van der Waals surface area contributed by atoms with Crippen molar-refractivity contribution in [1.82, 2.24) is 0 Å². The third-order valence-electron chi connectivity index (χ3n) is 0.131.